The molecule has 0 fully saturated rings. The van der Waals surface area contributed by atoms with Crippen LogP contribution in [0.25, 0.3) is 5.57 Å². The lowest BCUT2D eigenvalue weighted by molar-refractivity contribution is -0.137. The number of unbranched alkanes of at least 4 members (excludes halogenated alkanes) is 1. The van der Waals surface area contributed by atoms with E-state index in [0.717, 1.165) is 35.3 Å². The highest BCUT2D eigenvalue weighted by molar-refractivity contribution is 5.96. The van der Waals surface area contributed by atoms with Crippen LogP contribution < -0.4 is 4.74 Å². The van der Waals surface area contributed by atoms with E-state index in [9.17, 15) is 4.79 Å². The first-order valence-corrected chi connectivity index (χ1v) is 7.83. The van der Waals surface area contributed by atoms with Crippen LogP contribution in [0.2, 0.25) is 0 Å². The quantitative estimate of drug-likeness (QED) is 0.430. The van der Waals surface area contributed by atoms with E-state index in [4.69, 9.17) is 9.47 Å². The highest BCUT2D eigenvalue weighted by Crippen LogP contribution is 2.25. The Hall–Kier alpha value is -2.55. The molecule has 3 nitrogen and oxygen atoms in total. The van der Waals surface area contributed by atoms with E-state index in [-0.39, 0.29) is 5.97 Å². The Balaban J connectivity index is 2.30. The van der Waals surface area contributed by atoms with Gasteiger partial charge in [0.2, 0.25) is 0 Å². The summed E-state index contributed by atoms with van der Waals surface area (Å²) in [6.45, 7) is 2.52. The standard InChI is InChI=1S/C20H22O3/c1-3-4-14-23-20(21)15-19(16-8-6-5-7-9-16)17-10-12-18(22-2)13-11-17/h5-13,15H,3-4,14H2,1-2H3/b19-15+. The van der Waals surface area contributed by atoms with E-state index in [1.807, 2.05) is 54.6 Å². The Morgan fingerprint density at radius 1 is 1.00 bits per heavy atom. The maximum Gasteiger partial charge on any atom is 0.331 e. The number of carbonyl (C=O) groups excluding carboxylic acids is 1. The molecule has 0 aliphatic heterocycles. The molecule has 120 valence electrons. The van der Waals surface area contributed by atoms with Gasteiger partial charge >= 0.3 is 5.97 Å². The van der Waals surface area contributed by atoms with Gasteiger partial charge < -0.3 is 9.47 Å². The third-order valence-corrected chi connectivity index (χ3v) is 3.49. The molecule has 2 aromatic carbocycles. The topological polar surface area (TPSA) is 35.5 Å². The minimum Gasteiger partial charge on any atom is -0.497 e. The lowest BCUT2D eigenvalue weighted by atomic mass is 9.97. The largest absolute Gasteiger partial charge is 0.497 e. The highest BCUT2D eigenvalue weighted by atomic mass is 16.5. The second kappa shape index (κ2) is 8.79. The average Bonchev–Trinajstić information content (AvgIpc) is 2.61. The van der Waals surface area contributed by atoms with Crippen molar-refractivity contribution in [1.29, 1.82) is 0 Å². The summed E-state index contributed by atoms with van der Waals surface area (Å²) in [5.74, 6) is 0.472. The summed E-state index contributed by atoms with van der Waals surface area (Å²) in [6, 6.07) is 17.5. The van der Waals surface area contributed by atoms with Crippen LogP contribution in [0.15, 0.2) is 60.7 Å². The summed E-state index contributed by atoms with van der Waals surface area (Å²) in [5.41, 5.74) is 2.77. The van der Waals surface area contributed by atoms with Gasteiger partial charge in [-0.25, -0.2) is 4.79 Å². The molecule has 0 amide bonds. The minimum atomic E-state index is -0.312. The van der Waals surface area contributed by atoms with Crippen molar-refractivity contribution in [2.24, 2.45) is 0 Å². The van der Waals surface area contributed by atoms with Crippen LogP contribution in [0.5, 0.6) is 5.75 Å². The van der Waals surface area contributed by atoms with Gasteiger partial charge in [-0.05, 0) is 35.3 Å². The van der Waals surface area contributed by atoms with E-state index in [2.05, 4.69) is 6.92 Å². The van der Waals surface area contributed by atoms with Crippen molar-refractivity contribution < 1.29 is 14.3 Å². The number of ether oxygens (including phenoxy) is 2. The first-order chi connectivity index (χ1) is 11.2. The predicted octanol–water partition coefficient (Wildman–Crippen LogP) is 4.47. The molecule has 3 heteroatoms. The molecule has 0 N–H and O–H groups in total. The summed E-state index contributed by atoms with van der Waals surface area (Å²) in [6.07, 6.45) is 3.44. The molecule has 0 aliphatic rings. The van der Waals surface area contributed by atoms with E-state index >= 15 is 0 Å². The zero-order valence-corrected chi connectivity index (χ0v) is 13.6. The minimum absolute atomic E-state index is 0.312. The molecule has 0 spiro atoms. The number of esters is 1. The molecule has 0 aliphatic carbocycles. The molecule has 0 unspecified atom stereocenters. The number of methoxy groups -OCH3 is 1. The summed E-state index contributed by atoms with van der Waals surface area (Å²) < 4.78 is 10.5. The Labute approximate surface area is 137 Å². The first kappa shape index (κ1) is 16.8. The predicted molar refractivity (Wildman–Crippen MR) is 92.4 cm³/mol. The number of benzene rings is 2. The normalized spacial score (nSPS) is 11.1. The fourth-order valence-corrected chi connectivity index (χ4v) is 2.20. The van der Waals surface area contributed by atoms with Crippen molar-refractivity contribution in [2.45, 2.75) is 19.8 Å². The molecule has 0 radical (unpaired) electrons. The maximum absolute atomic E-state index is 12.1. The molecule has 23 heavy (non-hydrogen) atoms. The van der Waals surface area contributed by atoms with Gasteiger partial charge in [-0.15, -0.1) is 0 Å². The van der Waals surface area contributed by atoms with Gasteiger partial charge in [-0.1, -0.05) is 55.8 Å². The van der Waals surface area contributed by atoms with Gasteiger partial charge in [0.25, 0.3) is 0 Å². The van der Waals surface area contributed by atoms with Gasteiger partial charge in [0.15, 0.2) is 0 Å². The van der Waals surface area contributed by atoms with Crippen LogP contribution in [0.4, 0.5) is 0 Å². The zero-order valence-electron chi connectivity index (χ0n) is 13.6. The Kier molecular flexibility index (Phi) is 6.42. The summed E-state index contributed by atoms with van der Waals surface area (Å²) in [4.78, 5) is 12.1. The van der Waals surface area contributed by atoms with E-state index in [1.165, 1.54) is 0 Å². The molecule has 2 rings (SSSR count). The van der Waals surface area contributed by atoms with Crippen molar-refractivity contribution in [3.05, 3.63) is 71.8 Å². The monoisotopic (exact) mass is 310 g/mol. The molecule has 0 heterocycles. The highest BCUT2D eigenvalue weighted by Gasteiger charge is 2.09. The van der Waals surface area contributed by atoms with E-state index in [1.54, 1.807) is 13.2 Å². The van der Waals surface area contributed by atoms with Crippen molar-refractivity contribution in [3.63, 3.8) is 0 Å². The van der Waals surface area contributed by atoms with Gasteiger partial charge in [0, 0.05) is 6.08 Å². The first-order valence-electron chi connectivity index (χ1n) is 7.83. The molecule has 0 saturated carbocycles. The van der Waals surface area contributed by atoms with Crippen LogP contribution in [-0.4, -0.2) is 19.7 Å². The van der Waals surface area contributed by atoms with E-state index in [0.29, 0.717) is 6.61 Å². The second-order valence-electron chi connectivity index (χ2n) is 5.17. The van der Waals surface area contributed by atoms with Crippen molar-refractivity contribution in [2.75, 3.05) is 13.7 Å². The Morgan fingerprint density at radius 3 is 2.26 bits per heavy atom. The number of rotatable bonds is 7. The fourth-order valence-electron chi connectivity index (χ4n) is 2.20. The van der Waals surface area contributed by atoms with Crippen LogP contribution in [-0.2, 0) is 9.53 Å². The average molecular weight is 310 g/mol. The number of hydrogen-bond donors (Lipinski definition) is 0. The number of carbonyl (C=O) groups is 1. The summed E-state index contributed by atoms with van der Waals surface area (Å²) in [5, 5.41) is 0. The van der Waals surface area contributed by atoms with Crippen LogP contribution in [0, 0.1) is 0 Å². The molecule has 2 aromatic rings. The Bertz CT molecular complexity index is 642. The maximum atomic E-state index is 12.1. The van der Waals surface area contributed by atoms with Gasteiger partial charge in [0.1, 0.15) is 5.75 Å². The van der Waals surface area contributed by atoms with Crippen LogP contribution >= 0.6 is 0 Å². The lowest BCUT2D eigenvalue weighted by Gasteiger charge is -2.10. The molecular weight excluding hydrogens is 288 g/mol. The summed E-state index contributed by atoms with van der Waals surface area (Å²) >= 11 is 0. The van der Waals surface area contributed by atoms with Crippen molar-refractivity contribution in [3.8, 4) is 5.75 Å². The second-order valence-corrected chi connectivity index (χ2v) is 5.17. The number of hydrogen-bond acceptors (Lipinski definition) is 3. The van der Waals surface area contributed by atoms with Gasteiger partial charge in [-0.3, -0.25) is 0 Å². The van der Waals surface area contributed by atoms with Crippen molar-refractivity contribution >= 4 is 11.5 Å². The van der Waals surface area contributed by atoms with Crippen molar-refractivity contribution in [1.82, 2.24) is 0 Å². The Morgan fingerprint density at radius 2 is 1.65 bits per heavy atom. The zero-order chi connectivity index (χ0) is 16.5. The molecule has 0 saturated heterocycles. The van der Waals surface area contributed by atoms with E-state index < -0.39 is 0 Å². The molecule has 0 aromatic heterocycles. The van der Waals surface area contributed by atoms with Gasteiger partial charge in [0.05, 0.1) is 13.7 Å². The smallest absolute Gasteiger partial charge is 0.331 e. The molecule has 0 atom stereocenters. The van der Waals surface area contributed by atoms with Gasteiger partial charge in [-0.2, -0.15) is 0 Å². The van der Waals surface area contributed by atoms with Crippen LogP contribution in [0.1, 0.15) is 30.9 Å². The molecule has 0 bridgehead atoms. The lowest BCUT2D eigenvalue weighted by Crippen LogP contribution is -2.04. The fraction of sp³-hybridized carbons (Fsp3) is 0.250. The third kappa shape index (κ3) is 4.99. The SMILES string of the molecule is CCCCOC(=O)/C=C(\c1ccccc1)c1ccc(OC)cc1. The van der Waals surface area contributed by atoms with Crippen LogP contribution in [0.3, 0.4) is 0 Å². The third-order valence-electron chi connectivity index (χ3n) is 3.49. The molecular formula is C20H22O3. The summed E-state index contributed by atoms with van der Waals surface area (Å²) in [7, 11) is 1.63.